The van der Waals surface area contributed by atoms with Crippen LogP contribution in [0.1, 0.15) is 0 Å². The third kappa shape index (κ3) is 4.80. The highest BCUT2D eigenvalue weighted by Crippen LogP contribution is 2.40. The topological polar surface area (TPSA) is 25.8 Å². The number of fused-ring (bicyclic) bond motifs is 3. The monoisotopic (exact) mass is 566 g/mol. The maximum absolute atomic E-state index is 5.25. The second kappa shape index (κ2) is 10.8. The van der Waals surface area contributed by atoms with E-state index < -0.39 is 0 Å². The quantitative estimate of drug-likeness (QED) is 0.207. The highest BCUT2D eigenvalue weighted by molar-refractivity contribution is 7.25. The SMILES string of the molecule is c1ccc(-c2ccc(-c3cccc(-c4nc(-c5ccc(-c6ccccc6)cc5)nc5sc6ccccc6c45)c3)cc2)cc1. The fraction of sp³-hybridized carbons (Fsp3) is 0. The Morgan fingerprint density at radius 3 is 1.51 bits per heavy atom. The van der Waals surface area contributed by atoms with Gasteiger partial charge in [0.2, 0.25) is 0 Å². The molecule has 0 unspecified atom stereocenters. The van der Waals surface area contributed by atoms with E-state index in [0.29, 0.717) is 0 Å². The van der Waals surface area contributed by atoms with Crippen molar-refractivity contribution in [1.29, 1.82) is 0 Å². The predicted octanol–water partition coefficient (Wildman–Crippen LogP) is 11.2. The van der Waals surface area contributed by atoms with Crippen LogP contribution in [0, 0.1) is 0 Å². The molecule has 0 amide bonds. The zero-order valence-electron chi connectivity index (χ0n) is 23.3. The Bertz CT molecular complexity index is 2200. The number of benzene rings is 6. The third-order valence-electron chi connectivity index (χ3n) is 7.95. The molecule has 2 aromatic heterocycles. The van der Waals surface area contributed by atoms with Crippen LogP contribution in [0.3, 0.4) is 0 Å². The van der Waals surface area contributed by atoms with Gasteiger partial charge in [-0.15, -0.1) is 11.3 Å². The summed E-state index contributed by atoms with van der Waals surface area (Å²) < 4.78 is 1.22. The summed E-state index contributed by atoms with van der Waals surface area (Å²) in [7, 11) is 0. The van der Waals surface area contributed by atoms with Crippen LogP contribution in [0.4, 0.5) is 0 Å². The predicted molar refractivity (Wildman–Crippen MR) is 182 cm³/mol. The van der Waals surface area contributed by atoms with Crippen molar-refractivity contribution < 1.29 is 0 Å². The van der Waals surface area contributed by atoms with Crippen molar-refractivity contribution in [3.05, 3.63) is 158 Å². The minimum absolute atomic E-state index is 0.742. The molecule has 0 N–H and O–H groups in total. The Kier molecular flexibility index (Phi) is 6.36. The lowest BCUT2D eigenvalue weighted by Gasteiger charge is -2.10. The zero-order chi connectivity index (χ0) is 28.6. The molecule has 8 aromatic rings. The van der Waals surface area contributed by atoms with Crippen molar-refractivity contribution in [3.63, 3.8) is 0 Å². The summed E-state index contributed by atoms with van der Waals surface area (Å²) in [6, 6.07) is 55.6. The van der Waals surface area contributed by atoms with E-state index >= 15 is 0 Å². The summed E-state index contributed by atoms with van der Waals surface area (Å²) in [4.78, 5) is 11.4. The summed E-state index contributed by atoms with van der Waals surface area (Å²) in [5, 5.41) is 2.31. The second-order valence-corrected chi connectivity index (χ2v) is 11.7. The third-order valence-corrected chi connectivity index (χ3v) is 9.02. The first-order chi connectivity index (χ1) is 21.3. The number of nitrogens with zero attached hydrogens (tertiary/aromatic N) is 2. The van der Waals surface area contributed by atoms with Crippen LogP contribution in [-0.2, 0) is 0 Å². The molecule has 3 heteroatoms. The molecule has 2 nitrogen and oxygen atoms in total. The first kappa shape index (κ1) is 25.3. The highest BCUT2D eigenvalue weighted by Gasteiger charge is 2.17. The normalized spacial score (nSPS) is 11.3. The summed E-state index contributed by atoms with van der Waals surface area (Å²) in [6.45, 7) is 0. The minimum atomic E-state index is 0.742. The Morgan fingerprint density at radius 2 is 0.860 bits per heavy atom. The largest absolute Gasteiger partial charge is 0.227 e. The van der Waals surface area contributed by atoms with Crippen molar-refractivity contribution in [3.8, 4) is 56.0 Å². The van der Waals surface area contributed by atoms with Crippen LogP contribution < -0.4 is 0 Å². The second-order valence-electron chi connectivity index (χ2n) is 10.6. The summed E-state index contributed by atoms with van der Waals surface area (Å²) >= 11 is 1.73. The molecule has 0 saturated heterocycles. The lowest BCUT2D eigenvalue weighted by molar-refractivity contribution is 1.24. The molecule has 6 aromatic carbocycles. The molecule has 8 rings (SSSR count). The molecule has 0 radical (unpaired) electrons. The highest BCUT2D eigenvalue weighted by atomic mass is 32.1. The van der Waals surface area contributed by atoms with E-state index in [-0.39, 0.29) is 0 Å². The van der Waals surface area contributed by atoms with E-state index in [0.717, 1.165) is 38.4 Å². The fourth-order valence-corrected chi connectivity index (χ4v) is 6.81. The Hall–Kier alpha value is -5.38. The summed E-state index contributed by atoms with van der Waals surface area (Å²) in [5.74, 6) is 0.742. The fourth-order valence-electron chi connectivity index (χ4n) is 5.74. The van der Waals surface area contributed by atoms with Gasteiger partial charge in [0, 0.05) is 26.6 Å². The molecule has 0 fully saturated rings. The molecule has 2 heterocycles. The first-order valence-corrected chi connectivity index (χ1v) is 15.2. The van der Waals surface area contributed by atoms with E-state index in [1.165, 1.54) is 37.9 Å². The van der Waals surface area contributed by atoms with Gasteiger partial charge in [0.25, 0.3) is 0 Å². The molecule has 0 spiro atoms. The minimum Gasteiger partial charge on any atom is -0.227 e. The molecular formula is C40H26N2S. The van der Waals surface area contributed by atoms with Gasteiger partial charge < -0.3 is 0 Å². The molecule has 202 valence electrons. The van der Waals surface area contributed by atoms with Gasteiger partial charge in [0.05, 0.1) is 5.69 Å². The standard InChI is InChI=1S/C40H26N2S/c1-3-10-27(11-4-1)29-18-20-31(21-19-29)33-14-9-15-34(26-33)38-37-35-16-7-8-17-36(35)43-40(37)42-39(41-38)32-24-22-30(23-25-32)28-12-5-2-6-13-28/h1-26H. The van der Waals surface area contributed by atoms with Gasteiger partial charge in [-0.3, -0.25) is 0 Å². The number of rotatable bonds is 5. The Labute approximate surface area is 254 Å². The van der Waals surface area contributed by atoms with E-state index in [1.807, 2.05) is 6.07 Å². The maximum atomic E-state index is 5.25. The average Bonchev–Trinajstić information content (AvgIpc) is 3.47. The van der Waals surface area contributed by atoms with E-state index in [4.69, 9.17) is 9.97 Å². The molecule has 0 bridgehead atoms. The van der Waals surface area contributed by atoms with E-state index in [2.05, 4.69) is 152 Å². The van der Waals surface area contributed by atoms with Crippen molar-refractivity contribution in [2.75, 3.05) is 0 Å². The van der Waals surface area contributed by atoms with Gasteiger partial charge in [-0.1, -0.05) is 146 Å². The average molecular weight is 567 g/mol. The van der Waals surface area contributed by atoms with E-state index in [1.54, 1.807) is 11.3 Å². The molecule has 43 heavy (non-hydrogen) atoms. The number of hydrogen-bond acceptors (Lipinski definition) is 3. The van der Waals surface area contributed by atoms with E-state index in [9.17, 15) is 0 Å². The van der Waals surface area contributed by atoms with Crippen molar-refractivity contribution >= 4 is 31.6 Å². The molecule has 0 aliphatic rings. The van der Waals surface area contributed by atoms with Crippen molar-refractivity contribution in [2.24, 2.45) is 0 Å². The first-order valence-electron chi connectivity index (χ1n) is 14.4. The number of hydrogen-bond donors (Lipinski definition) is 0. The van der Waals surface area contributed by atoms with Gasteiger partial charge in [-0.25, -0.2) is 9.97 Å². The van der Waals surface area contributed by atoms with Gasteiger partial charge >= 0.3 is 0 Å². The lowest BCUT2D eigenvalue weighted by Crippen LogP contribution is -1.94. The van der Waals surface area contributed by atoms with Gasteiger partial charge in [0.15, 0.2) is 5.82 Å². The lowest BCUT2D eigenvalue weighted by atomic mass is 9.97. The van der Waals surface area contributed by atoms with Crippen LogP contribution in [0.2, 0.25) is 0 Å². The molecule has 0 aliphatic carbocycles. The Morgan fingerprint density at radius 1 is 0.372 bits per heavy atom. The number of thiophene rings is 1. The summed E-state index contributed by atoms with van der Waals surface area (Å²) in [6.07, 6.45) is 0. The van der Waals surface area contributed by atoms with Gasteiger partial charge in [-0.2, -0.15) is 0 Å². The molecular weight excluding hydrogens is 541 g/mol. The van der Waals surface area contributed by atoms with Crippen LogP contribution in [0.5, 0.6) is 0 Å². The smallest absolute Gasteiger partial charge is 0.161 e. The molecule has 0 saturated carbocycles. The van der Waals surface area contributed by atoms with Gasteiger partial charge in [0.1, 0.15) is 4.83 Å². The van der Waals surface area contributed by atoms with Crippen molar-refractivity contribution in [1.82, 2.24) is 9.97 Å². The maximum Gasteiger partial charge on any atom is 0.161 e. The zero-order valence-corrected chi connectivity index (χ0v) is 24.1. The van der Waals surface area contributed by atoms with Crippen LogP contribution >= 0.6 is 11.3 Å². The van der Waals surface area contributed by atoms with Crippen LogP contribution in [0.25, 0.3) is 76.3 Å². The van der Waals surface area contributed by atoms with Gasteiger partial charge in [-0.05, 0) is 45.5 Å². The summed E-state index contributed by atoms with van der Waals surface area (Å²) in [5.41, 5.74) is 10.2. The Balaban J connectivity index is 1.24. The van der Waals surface area contributed by atoms with Crippen LogP contribution in [0.15, 0.2) is 158 Å². The van der Waals surface area contributed by atoms with Crippen molar-refractivity contribution in [2.45, 2.75) is 0 Å². The molecule has 0 aliphatic heterocycles. The number of aromatic nitrogens is 2. The molecule has 0 atom stereocenters. The van der Waals surface area contributed by atoms with Crippen LogP contribution in [-0.4, -0.2) is 9.97 Å².